The van der Waals surface area contributed by atoms with E-state index in [0.29, 0.717) is 19.4 Å². The minimum atomic E-state index is -0.453. The molecule has 21 heavy (non-hydrogen) atoms. The molecule has 2 amide bonds. The third-order valence-corrected chi connectivity index (χ3v) is 3.75. The highest BCUT2D eigenvalue weighted by molar-refractivity contribution is 5.97. The van der Waals surface area contributed by atoms with Crippen molar-refractivity contribution < 1.29 is 9.59 Å². The van der Waals surface area contributed by atoms with E-state index in [1.165, 1.54) is 0 Å². The molecule has 1 aromatic rings. The van der Waals surface area contributed by atoms with Gasteiger partial charge in [0.15, 0.2) is 0 Å². The summed E-state index contributed by atoms with van der Waals surface area (Å²) in [7, 11) is 0. The van der Waals surface area contributed by atoms with E-state index in [9.17, 15) is 9.59 Å². The van der Waals surface area contributed by atoms with E-state index in [2.05, 4.69) is 11.9 Å². The van der Waals surface area contributed by atoms with Gasteiger partial charge in [-0.05, 0) is 12.0 Å². The predicted octanol–water partition coefficient (Wildman–Crippen LogP) is 1.91. The van der Waals surface area contributed by atoms with Gasteiger partial charge in [0, 0.05) is 13.0 Å². The lowest BCUT2D eigenvalue weighted by Crippen LogP contribution is -2.63. The maximum absolute atomic E-state index is 12.5. The number of carbonyl (C=O) groups excluding carboxylic acids is 2. The third kappa shape index (κ3) is 3.51. The van der Waals surface area contributed by atoms with E-state index in [0.717, 1.165) is 12.0 Å². The maximum Gasteiger partial charge on any atom is 0.246 e. The van der Waals surface area contributed by atoms with Gasteiger partial charge in [0.05, 0.1) is 0 Å². The fourth-order valence-electron chi connectivity index (χ4n) is 2.71. The van der Waals surface area contributed by atoms with Gasteiger partial charge in [0.1, 0.15) is 12.1 Å². The van der Waals surface area contributed by atoms with Gasteiger partial charge < -0.3 is 10.2 Å². The van der Waals surface area contributed by atoms with Crippen molar-refractivity contribution in [2.24, 2.45) is 0 Å². The number of nitrogens with zero attached hydrogens (tertiary/aromatic N) is 1. The molecule has 0 aliphatic carbocycles. The molecule has 1 heterocycles. The number of carbonyl (C=O) groups is 2. The minimum Gasteiger partial charge on any atom is -0.342 e. The number of amides is 2. The van der Waals surface area contributed by atoms with E-state index in [1.807, 2.05) is 37.3 Å². The largest absolute Gasteiger partial charge is 0.342 e. The lowest BCUT2D eigenvalue weighted by atomic mass is 9.98. The molecule has 2 rings (SSSR count). The zero-order chi connectivity index (χ0) is 15.2. The average Bonchev–Trinajstić information content (AvgIpc) is 2.49. The summed E-state index contributed by atoms with van der Waals surface area (Å²) in [5.74, 6) is -0.0731. The molecule has 1 aliphatic rings. The van der Waals surface area contributed by atoms with Crippen LogP contribution in [0, 0.1) is 0 Å². The summed E-state index contributed by atoms with van der Waals surface area (Å²) in [6.45, 7) is 6.12. The molecule has 4 heteroatoms. The molecule has 1 aromatic carbocycles. The summed E-state index contributed by atoms with van der Waals surface area (Å²) in [5, 5.41) is 2.86. The van der Waals surface area contributed by atoms with E-state index < -0.39 is 12.1 Å². The first-order chi connectivity index (χ1) is 10.2. The molecular weight excluding hydrogens is 264 g/mol. The lowest BCUT2D eigenvalue weighted by molar-refractivity contribution is -0.148. The van der Waals surface area contributed by atoms with Crippen molar-refractivity contribution in [3.8, 4) is 0 Å². The van der Waals surface area contributed by atoms with Gasteiger partial charge in [-0.1, -0.05) is 49.8 Å². The lowest BCUT2D eigenvalue weighted by Gasteiger charge is -2.38. The second-order valence-corrected chi connectivity index (χ2v) is 5.33. The molecule has 1 fully saturated rings. The zero-order valence-corrected chi connectivity index (χ0v) is 12.4. The van der Waals surface area contributed by atoms with Crippen molar-refractivity contribution in [1.82, 2.24) is 10.2 Å². The Labute approximate surface area is 125 Å². The summed E-state index contributed by atoms with van der Waals surface area (Å²) in [6.07, 6.45) is 3.75. The number of hydrogen-bond donors (Lipinski definition) is 1. The monoisotopic (exact) mass is 286 g/mol. The molecular formula is C17H22N2O2. The van der Waals surface area contributed by atoms with Crippen LogP contribution in [0.1, 0.15) is 25.3 Å². The molecule has 1 saturated heterocycles. The van der Waals surface area contributed by atoms with Gasteiger partial charge in [-0.15, -0.1) is 6.58 Å². The van der Waals surface area contributed by atoms with E-state index in [-0.39, 0.29) is 11.8 Å². The van der Waals surface area contributed by atoms with Crippen LogP contribution in [0.5, 0.6) is 0 Å². The Kier molecular flexibility index (Phi) is 5.14. The minimum absolute atomic E-state index is 0.00252. The third-order valence-electron chi connectivity index (χ3n) is 3.75. The molecule has 0 aromatic heterocycles. The molecule has 0 bridgehead atoms. The molecule has 1 aliphatic heterocycles. The Hall–Kier alpha value is -2.10. The van der Waals surface area contributed by atoms with Gasteiger partial charge in [0.25, 0.3) is 0 Å². The highest BCUT2D eigenvalue weighted by Crippen LogP contribution is 2.17. The first-order valence-electron chi connectivity index (χ1n) is 7.43. The van der Waals surface area contributed by atoms with E-state index >= 15 is 0 Å². The van der Waals surface area contributed by atoms with E-state index in [4.69, 9.17) is 0 Å². The topological polar surface area (TPSA) is 49.4 Å². The van der Waals surface area contributed by atoms with Crippen LogP contribution in [-0.4, -0.2) is 35.3 Å². The van der Waals surface area contributed by atoms with Crippen LogP contribution >= 0.6 is 0 Å². The van der Waals surface area contributed by atoms with Gasteiger partial charge in [-0.2, -0.15) is 0 Å². The van der Waals surface area contributed by atoms with Crippen LogP contribution in [0.2, 0.25) is 0 Å². The molecule has 4 nitrogen and oxygen atoms in total. The number of hydrogen-bond acceptors (Lipinski definition) is 2. The zero-order valence-electron chi connectivity index (χ0n) is 12.4. The van der Waals surface area contributed by atoms with Crippen LogP contribution in [-0.2, 0) is 16.0 Å². The van der Waals surface area contributed by atoms with Crippen LogP contribution in [0.3, 0.4) is 0 Å². The van der Waals surface area contributed by atoms with Crippen molar-refractivity contribution >= 4 is 11.8 Å². The summed E-state index contributed by atoms with van der Waals surface area (Å²) in [4.78, 5) is 26.5. The second kappa shape index (κ2) is 7.07. The van der Waals surface area contributed by atoms with Gasteiger partial charge in [0.2, 0.25) is 11.8 Å². The average molecular weight is 286 g/mol. The molecule has 0 spiro atoms. The standard InChI is InChI=1S/C17H22N2O2/c1-3-8-14-17(21)19(11-4-2)15(16(20)18-14)12-13-9-6-5-7-10-13/h4-7,9-10,14-15H,2-3,8,11-12H2,1H3,(H,18,20). The Morgan fingerprint density at radius 1 is 1.29 bits per heavy atom. The van der Waals surface area contributed by atoms with Crippen LogP contribution in [0.25, 0.3) is 0 Å². The quantitative estimate of drug-likeness (QED) is 0.812. The first-order valence-corrected chi connectivity index (χ1v) is 7.43. The molecule has 1 N–H and O–H groups in total. The highest BCUT2D eigenvalue weighted by Gasteiger charge is 2.39. The number of benzene rings is 1. The Morgan fingerprint density at radius 2 is 2.00 bits per heavy atom. The Bertz CT molecular complexity index is 513. The number of nitrogens with one attached hydrogen (secondary N) is 1. The summed E-state index contributed by atoms with van der Waals surface area (Å²) >= 11 is 0. The van der Waals surface area contributed by atoms with Gasteiger partial charge in [-0.3, -0.25) is 9.59 Å². The Balaban J connectivity index is 2.19. The molecule has 2 atom stereocenters. The van der Waals surface area contributed by atoms with Crippen molar-refractivity contribution in [2.75, 3.05) is 6.54 Å². The van der Waals surface area contributed by atoms with Crippen LogP contribution in [0.4, 0.5) is 0 Å². The molecule has 112 valence electrons. The number of rotatable bonds is 6. The maximum atomic E-state index is 12.5. The summed E-state index contributed by atoms with van der Waals surface area (Å²) < 4.78 is 0. The van der Waals surface area contributed by atoms with Gasteiger partial charge >= 0.3 is 0 Å². The molecule has 2 unspecified atom stereocenters. The Morgan fingerprint density at radius 3 is 2.62 bits per heavy atom. The molecule has 0 saturated carbocycles. The van der Waals surface area contributed by atoms with Crippen LogP contribution in [0.15, 0.2) is 43.0 Å². The van der Waals surface area contributed by atoms with Crippen molar-refractivity contribution in [2.45, 2.75) is 38.3 Å². The molecule has 0 radical (unpaired) electrons. The van der Waals surface area contributed by atoms with Crippen molar-refractivity contribution in [3.05, 3.63) is 48.6 Å². The van der Waals surface area contributed by atoms with E-state index in [1.54, 1.807) is 11.0 Å². The van der Waals surface area contributed by atoms with Crippen LogP contribution < -0.4 is 5.32 Å². The normalized spacial score (nSPS) is 22.0. The fourth-order valence-corrected chi connectivity index (χ4v) is 2.71. The highest BCUT2D eigenvalue weighted by atomic mass is 16.2. The fraction of sp³-hybridized carbons (Fsp3) is 0.412. The second-order valence-electron chi connectivity index (χ2n) is 5.33. The van der Waals surface area contributed by atoms with Crippen molar-refractivity contribution in [1.29, 1.82) is 0 Å². The predicted molar refractivity (Wildman–Crippen MR) is 82.7 cm³/mol. The summed E-state index contributed by atoms with van der Waals surface area (Å²) in [5.41, 5.74) is 1.05. The first kappa shape index (κ1) is 15.3. The SMILES string of the molecule is C=CCN1C(=O)C(CCC)NC(=O)C1Cc1ccccc1. The van der Waals surface area contributed by atoms with Gasteiger partial charge in [-0.25, -0.2) is 0 Å². The number of piperazine rings is 1. The summed E-state index contributed by atoms with van der Waals surface area (Å²) in [6, 6.07) is 8.92. The smallest absolute Gasteiger partial charge is 0.246 e. The van der Waals surface area contributed by atoms with Crippen molar-refractivity contribution in [3.63, 3.8) is 0 Å².